The lowest BCUT2D eigenvalue weighted by molar-refractivity contribution is 0.113. The molecule has 1 fully saturated rings. The van der Waals surface area contributed by atoms with Crippen molar-refractivity contribution >= 4 is 5.96 Å². The van der Waals surface area contributed by atoms with Gasteiger partial charge in [0.25, 0.3) is 0 Å². The zero-order valence-electron chi connectivity index (χ0n) is 14.4. The minimum Gasteiger partial charge on any atom is -0.383 e. The second-order valence-corrected chi connectivity index (χ2v) is 6.76. The fourth-order valence-corrected chi connectivity index (χ4v) is 2.89. The van der Waals surface area contributed by atoms with Crippen molar-refractivity contribution in [3.8, 4) is 0 Å². The van der Waals surface area contributed by atoms with Crippen LogP contribution in [0.15, 0.2) is 4.99 Å². The number of ether oxygens (including phenoxy) is 1. The van der Waals surface area contributed by atoms with Crippen molar-refractivity contribution in [2.45, 2.75) is 52.6 Å². The average molecular weight is 298 g/mol. The van der Waals surface area contributed by atoms with Crippen molar-refractivity contribution in [1.82, 2.24) is 10.2 Å². The summed E-state index contributed by atoms with van der Waals surface area (Å²) in [4.78, 5) is 7.13. The Morgan fingerprint density at radius 2 is 1.95 bits per heavy atom. The molecule has 1 saturated heterocycles. The molecule has 0 amide bonds. The third-order valence-corrected chi connectivity index (χ3v) is 4.32. The minimum atomic E-state index is 0.187. The number of aliphatic imine (C=N–C) groups is 1. The summed E-state index contributed by atoms with van der Waals surface area (Å²) >= 11 is 0. The Kier molecular flexibility index (Phi) is 8.04. The number of methoxy groups -OCH3 is 1. The van der Waals surface area contributed by atoms with E-state index in [1.807, 2.05) is 6.92 Å². The number of rotatable bonds is 7. The summed E-state index contributed by atoms with van der Waals surface area (Å²) in [7, 11) is 1.69. The minimum absolute atomic E-state index is 0.187. The zero-order valence-corrected chi connectivity index (χ0v) is 14.4. The Morgan fingerprint density at radius 1 is 1.33 bits per heavy atom. The molecule has 0 aromatic carbocycles. The fraction of sp³-hybridized carbons (Fsp3) is 0.938. The van der Waals surface area contributed by atoms with Gasteiger partial charge in [-0.3, -0.25) is 9.89 Å². The van der Waals surface area contributed by atoms with Gasteiger partial charge in [-0.1, -0.05) is 20.8 Å². The molecule has 1 aliphatic heterocycles. The predicted molar refractivity (Wildman–Crippen MR) is 89.6 cm³/mol. The zero-order chi connectivity index (χ0) is 15.8. The van der Waals surface area contributed by atoms with E-state index in [0.29, 0.717) is 24.5 Å². The van der Waals surface area contributed by atoms with Crippen LogP contribution < -0.4 is 11.1 Å². The van der Waals surface area contributed by atoms with Gasteiger partial charge in [-0.15, -0.1) is 0 Å². The number of hydrogen-bond donors (Lipinski definition) is 2. The highest BCUT2D eigenvalue weighted by atomic mass is 16.5. The third kappa shape index (κ3) is 6.66. The Balaban J connectivity index is 2.50. The molecule has 0 bridgehead atoms. The molecule has 3 N–H and O–H groups in total. The molecule has 0 aliphatic carbocycles. The maximum atomic E-state index is 5.97. The standard InChI is InChI=1S/C16H34N4O/c1-12(2)15(20-8-6-13(3)7-9-20)10-18-16(17)19-14(4)11-21-5/h12-15H,6-11H2,1-5H3,(H3,17,18,19). The van der Waals surface area contributed by atoms with Gasteiger partial charge in [0.1, 0.15) is 0 Å². The molecule has 1 rings (SSSR count). The van der Waals surface area contributed by atoms with Crippen LogP contribution in [0.1, 0.15) is 40.5 Å². The van der Waals surface area contributed by atoms with Crippen LogP contribution in [-0.4, -0.2) is 56.3 Å². The van der Waals surface area contributed by atoms with E-state index in [9.17, 15) is 0 Å². The molecule has 1 aliphatic rings. The lowest BCUT2D eigenvalue weighted by Gasteiger charge is -2.38. The quantitative estimate of drug-likeness (QED) is 0.554. The van der Waals surface area contributed by atoms with E-state index in [1.165, 1.54) is 25.9 Å². The van der Waals surface area contributed by atoms with Crippen LogP contribution in [0.4, 0.5) is 0 Å². The summed E-state index contributed by atoms with van der Waals surface area (Å²) in [5.41, 5.74) is 5.97. The van der Waals surface area contributed by atoms with E-state index in [0.717, 1.165) is 12.5 Å². The topological polar surface area (TPSA) is 62.9 Å². The molecular formula is C16H34N4O. The van der Waals surface area contributed by atoms with Crippen LogP contribution in [0.25, 0.3) is 0 Å². The van der Waals surface area contributed by atoms with Crippen molar-refractivity contribution in [3.63, 3.8) is 0 Å². The summed E-state index contributed by atoms with van der Waals surface area (Å²) in [5, 5.41) is 3.17. The molecular weight excluding hydrogens is 264 g/mol. The van der Waals surface area contributed by atoms with Crippen LogP contribution in [0, 0.1) is 11.8 Å². The largest absolute Gasteiger partial charge is 0.383 e. The van der Waals surface area contributed by atoms with E-state index in [4.69, 9.17) is 10.5 Å². The van der Waals surface area contributed by atoms with Crippen LogP contribution in [0.2, 0.25) is 0 Å². The summed E-state index contributed by atoms with van der Waals surface area (Å²) in [6.45, 7) is 12.7. The van der Waals surface area contributed by atoms with E-state index in [2.05, 4.69) is 36.0 Å². The van der Waals surface area contributed by atoms with Crippen molar-refractivity contribution in [2.75, 3.05) is 33.4 Å². The number of nitrogens with two attached hydrogens (primary N) is 1. The van der Waals surface area contributed by atoms with E-state index in [-0.39, 0.29) is 6.04 Å². The van der Waals surface area contributed by atoms with Crippen LogP contribution in [0.5, 0.6) is 0 Å². The number of guanidine groups is 1. The van der Waals surface area contributed by atoms with Gasteiger partial charge in [-0.2, -0.15) is 0 Å². The van der Waals surface area contributed by atoms with Gasteiger partial charge in [-0.05, 0) is 44.7 Å². The second kappa shape index (κ2) is 9.26. The first kappa shape index (κ1) is 18.2. The highest BCUT2D eigenvalue weighted by Crippen LogP contribution is 2.21. The molecule has 0 radical (unpaired) electrons. The molecule has 5 heteroatoms. The smallest absolute Gasteiger partial charge is 0.188 e. The molecule has 0 saturated carbocycles. The maximum Gasteiger partial charge on any atom is 0.188 e. The van der Waals surface area contributed by atoms with Crippen molar-refractivity contribution in [1.29, 1.82) is 0 Å². The molecule has 0 aromatic heterocycles. The Hall–Kier alpha value is -0.810. The summed E-state index contributed by atoms with van der Waals surface area (Å²) < 4.78 is 5.09. The van der Waals surface area contributed by atoms with E-state index < -0.39 is 0 Å². The lowest BCUT2D eigenvalue weighted by atomic mass is 9.94. The number of hydrogen-bond acceptors (Lipinski definition) is 3. The number of likely N-dealkylation sites (tertiary alicyclic amines) is 1. The van der Waals surface area contributed by atoms with Gasteiger partial charge < -0.3 is 15.8 Å². The molecule has 1 heterocycles. The summed E-state index contributed by atoms with van der Waals surface area (Å²) in [6.07, 6.45) is 2.59. The number of nitrogens with zero attached hydrogens (tertiary/aromatic N) is 2. The Labute approximate surface area is 130 Å². The average Bonchev–Trinajstić information content (AvgIpc) is 2.40. The number of piperidine rings is 1. The van der Waals surface area contributed by atoms with Gasteiger partial charge in [-0.25, -0.2) is 0 Å². The first-order valence-corrected chi connectivity index (χ1v) is 8.23. The summed E-state index contributed by atoms with van der Waals surface area (Å²) in [5.74, 6) is 1.97. The van der Waals surface area contributed by atoms with Gasteiger partial charge in [0.05, 0.1) is 13.2 Å². The Morgan fingerprint density at radius 3 is 2.48 bits per heavy atom. The van der Waals surface area contributed by atoms with Crippen molar-refractivity contribution < 1.29 is 4.74 Å². The molecule has 2 unspecified atom stereocenters. The second-order valence-electron chi connectivity index (χ2n) is 6.76. The van der Waals surface area contributed by atoms with E-state index >= 15 is 0 Å². The molecule has 124 valence electrons. The predicted octanol–water partition coefficient (Wildman–Crippen LogP) is 1.68. The van der Waals surface area contributed by atoms with Crippen LogP contribution in [0.3, 0.4) is 0 Å². The first-order chi connectivity index (χ1) is 9.93. The normalized spacial score (nSPS) is 21.5. The van der Waals surface area contributed by atoms with Gasteiger partial charge in [0, 0.05) is 19.2 Å². The highest BCUT2D eigenvalue weighted by molar-refractivity contribution is 5.78. The third-order valence-electron chi connectivity index (χ3n) is 4.32. The molecule has 0 aromatic rings. The molecule has 2 atom stereocenters. The van der Waals surface area contributed by atoms with Crippen molar-refractivity contribution in [2.24, 2.45) is 22.6 Å². The maximum absolute atomic E-state index is 5.97. The summed E-state index contributed by atoms with van der Waals surface area (Å²) in [6, 6.07) is 0.669. The molecule has 5 nitrogen and oxygen atoms in total. The SMILES string of the molecule is COCC(C)NC(N)=NCC(C(C)C)N1CCC(C)CC1. The number of nitrogens with one attached hydrogen (secondary N) is 1. The monoisotopic (exact) mass is 298 g/mol. The molecule has 21 heavy (non-hydrogen) atoms. The Bertz CT molecular complexity index is 311. The highest BCUT2D eigenvalue weighted by Gasteiger charge is 2.25. The van der Waals surface area contributed by atoms with Crippen LogP contribution in [-0.2, 0) is 4.74 Å². The van der Waals surface area contributed by atoms with Crippen LogP contribution >= 0.6 is 0 Å². The van der Waals surface area contributed by atoms with E-state index in [1.54, 1.807) is 7.11 Å². The van der Waals surface area contributed by atoms with Crippen molar-refractivity contribution in [3.05, 3.63) is 0 Å². The first-order valence-electron chi connectivity index (χ1n) is 8.23. The lowest BCUT2D eigenvalue weighted by Crippen LogP contribution is -2.46. The fourth-order valence-electron chi connectivity index (χ4n) is 2.89. The van der Waals surface area contributed by atoms with Gasteiger partial charge in [0.2, 0.25) is 0 Å². The van der Waals surface area contributed by atoms with Gasteiger partial charge in [0.15, 0.2) is 5.96 Å². The van der Waals surface area contributed by atoms with Gasteiger partial charge >= 0.3 is 0 Å². The molecule has 0 spiro atoms.